The van der Waals surface area contributed by atoms with Crippen LogP contribution in [0.1, 0.15) is 54.4 Å². The molecular weight excluding hydrogens is 196 g/mol. The normalized spacial score (nSPS) is 28.7. The summed E-state index contributed by atoms with van der Waals surface area (Å²) in [7, 11) is 0. The van der Waals surface area contributed by atoms with E-state index in [9.17, 15) is 0 Å². The van der Waals surface area contributed by atoms with Crippen molar-refractivity contribution >= 4 is 0 Å². The summed E-state index contributed by atoms with van der Waals surface area (Å²) in [5.74, 6) is 0. The van der Waals surface area contributed by atoms with Crippen LogP contribution in [0.2, 0.25) is 0 Å². The van der Waals surface area contributed by atoms with E-state index in [-0.39, 0.29) is 0 Å². The van der Waals surface area contributed by atoms with Crippen molar-refractivity contribution in [2.45, 2.75) is 72.5 Å². The van der Waals surface area contributed by atoms with Crippen molar-refractivity contribution in [3.8, 4) is 0 Å². The van der Waals surface area contributed by atoms with E-state index in [0.717, 1.165) is 12.6 Å². The molecule has 0 saturated carbocycles. The van der Waals surface area contributed by atoms with Gasteiger partial charge in [0.1, 0.15) is 0 Å². The predicted molar refractivity (Wildman–Crippen MR) is 71.8 cm³/mol. The van der Waals surface area contributed by atoms with E-state index in [0.29, 0.717) is 17.5 Å². The molecule has 1 fully saturated rings. The van der Waals surface area contributed by atoms with Gasteiger partial charge in [-0.3, -0.25) is 4.90 Å². The maximum atomic E-state index is 3.70. The predicted octanol–water partition coefficient (Wildman–Crippen LogP) is 2.88. The van der Waals surface area contributed by atoms with Crippen molar-refractivity contribution in [2.24, 2.45) is 5.41 Å². The molecule has 2 heteroatoms. The lowest BCUT2D eigenvalue weighted by Gasteiger charge is -2.47. The lowest BCUT2D eigenvalue weighted by Crippen LogP contribution is -2.61. The first kappa shape index (κ1) is 14.0. The molecule has 1 aliphatic rings. The molecular formula is C14H30N2. The first-order valence-electron chi connectivity index (χ1n) is 6.89. The van der Waals surface area contributed by atoms with E-state index < -0.39 is 0 Å². The molecule has 0 aromatic carbocycles. The minimum Gasteiger partial charge on any atom is -0.311 e. The highest BCUT2D eigenvalue weighted by molar-refractivity contribution is 4.92. The second-order valence-electron chi connectivity index (χ2n) is 6.34. The van der Waals surface area contributed by atoms with E-state index in [4.69, 9.17) is 0 Å². The Balaban J connectivity index is 2.68. The molecule has 96 valence electrons. The molecule has 16 heavy (non-hydrogen) atoms. The molecule has 1 aliphatic heterocycles. The monoisotopic (exact) mass is 226 g/mol. The SMILES string of the molecule is CCC(CC)N1CC(C(C)(C)C)NCC1C. The first-order chi connectivity index (χ1) is 7.40. The third kappa shape index (κ3) is 3.21. The lowest BCUT2D eigenvalue weighted by atomic mass is 9.84. The topological polar surface area (TPSA) is 15.3 Å². The molecule has 1 heterocycles. The Labute approximate surface area is 102 Å². The van der Waals surface area contributed by atoms with Gasteiger partial charge in [-0.05, 0) is 25.2 Å². The average Bonchev–Trinajstić information content (AvgIpc) is 2.20. The molecule has 1 N–H and O–H groups in total. The summed E-state index contributed by atoms with van der Waals surface area (Å²) in [6.07, 6.45) is 2.55. The molecule has 2 nitrogen and oxygen atoms in total. The molecule has 0 spiro atoms. The van der Waals surface area contributed by atoms with Gasteiger partial charge in [-0.2, -0.15) is 0 Å². The van der Waals surface area contributed by atoms with Gasteiger partial charge in [0.25, 0.3) is 0 Å². The Bertz CT molecular complexity index is 203. The van der Waals surface area contributed by atoms with Crippen LogP contribution in [-0.4, -0.2) is 36.1 Å². The standard InChI is InChI=1S/C14H30N2/c1-7-12(8-2)16-10-13(14(4,5)6)15-9-11(16)3/h11-13,15H,7-10H2,1-6H3. The fourth-order valence-electron chi connectivity index (χ4n) is 2.73. The van der Waals surface area contributed by atoms with Gasteiger partial charge in [0.15, 0.2) is 0 Å². The second-order valence-corrected chi connectivity index (χ2v) is 6.34. The van der Waals surface area contributed by atoms with Crippen LogP contribution in [-0.2, 0) is 0 Å². The van der Waals surface area contributed by atoms with Crippen LogP contribution >= 0.6 is 0 Å². The smallest absolute Gasteiger partial charge is 0.0244 e. The van der Waals surface area contributed by atoms with Crippen molar-refractivity contribution < 1.29 is 0 Å². The van der Waals surface area contributed by atoms with Crippen molar-refractivity contribution in [1.82, 2.24) is 10.2 Å². The van der Waals surface area contributed by atoms with Gasteiger partial charge in [-0.1, -0.05) is 34.6 Å². The zero-order valence-electron chi connectivity index (χ0n) is 12.0. The Hall–Kier alpha value is -0.0800. The molecule has 0 aromatic heterocycles. The fraction of sp³-hybridized carbons (Fsp3) is 1.00. The molecule has 1 saturated heterocycles. The summed E-state index contributed by atoms with van der Waals surface area (Å²) in [5, 5.41) is 3.70. The number of nitrogens with one attached hydrogen (secondary N) is 1. The molecule has 0 bridgehead atoms. The summed E-state index contributed by atoms with van der Waals surface area (Å²) in [6, 6.07) is 2.08. The van der Waals surface area contributed by atoms with Gasteiger partial charge in [0.2, 0.25) is 0 Å². The molecule has 0 amide bonds. The molecule has 2 atom stereocenters. The third-order valence-corrected chi connectivity index (χ3v) is 4.08. The van der Waals surface area contributed by atoms with Crippen LogP contribution < -0.4 is 5.32 Å². The quantitative estimate of drug-likeness (QED) is 0.796. The Morgan fingerprint density at radius 1 is 1.25 bits per heavy atom. The highest BCUT2D eigenvalue weighted by Crippen LogP contribution is 2.25. The minimum absolute atomic E-state index is 0.365. The summed E-state index contributed by atoms with van der Waals surface area (Å²) in [5.41, 5.74) is 0.365. The number of hydrogen-bond acceptors (Lipinski definition) is 2. The van der Waals surface area contributed by atoms with E-state index in [2.05, 4.69) is 51.8 Å². The number of rotatable bonds is 3. The summed E-state index contributed by atoms with van der Waals surface area (Å²) in [6.45, 7) is 16.3. The largest absolute Gasteiger partial charge is 0.311 e. The van der Waals surface area contributed by atoms with Gasteiger partial charge in [0, 0.05) is 31.2 Å². The van der Waals surface area contributed by atoms with Gasteiger partial charge < -0.3 is 5.32 Å². The van der Waals surface area contributed by atoms with Gasteiger partial charge in [-0.25, -0.2) is 0 Å². The second kappa shape index (κ2) is 5.50. The van der Waals surface area contributed by atoms with Crippen molar-refractivity contribution in [3.63, 3.8) is 0 Å². The minimum atomic E-state index is 0.365. The maximum absolute atomic E-state index is 3.70. The Kier molecular flexibility index (Phi) is 4.81. The highest BCUT2D eigenvalue weighted by atomic mass is 15.3. The lowest BCUT2D eigenvalue weighted by molar-refractivity contribution is 0.0538. The average molecular weight is 226 g/mol. The summed E-state index contributed by atoms with van der Waals surface area (Å²) >= 11 is 0. The molecule has 0 aromatic rings. The zero-order valence-corrected chi connectivity index (χ0v) is 12.0. The van der Waals surface area contributed by atoms with Gasteiger partial charge in [0.05, 0.1) is 0 Å². The van der Waals surface area contributed by atoms with Crippen molar-refractivity contribution in [1.29, 1.82) is 0 Å². The van der Waals surface area contributed by atoms with Crippen LogP contribution in [0, 0.1) is 5.41 Å². The fourth-order valence-corrected chi connectivity index (χ4v) is 2.73. The molecule has 0 aliphatic carbocycles. The Morgan fingerprint density at radius 3 is 2.25 bits per heavy atom. The number of hydrogen-bond donors (Lipinski definition) is 1. The van der Waals surface area contributed by atoms with Gasteiger partial charge >= 0.3 is 0 Å². The maximum Gasteiger partial charge on any atom is 0.0244 e. The highest BCUT2D eigenvalue weighted by Gasteiger charge is 2.34. The Morgan fingerprint density at radius 2 is 1.81 bits per heavy atom. The van der Waals surface area contributed by atoms with E-state index >= 15 is 0 Å². The zero-order chi connectivity index (χ0) is 12.3. The van der Waals surface area contributed by atoms with E-state index in [1.165, 1.54) is 19.4 Å². The van der Waals surface area contributed by atoms with E-state index in [1.807, 2.05) is 0 Å². The van der Waals surface area contributed by atoms with Crippen LogP contribution in [0.3, 0.4) is 0 Å². The number of piperazine rings is 1. The van der Waals surface area contributed by atoms with Crippen molar-refractivity contribution in [3.05, 3.63) is 0 Å². The van der Waals surface area contributed by atoms with Crippen LogP contribution in [0.15, 0.2) is 0 Å². The van der Waals surface area contributed by atoms with Crippen LogP contribution in [0.25, 0.3) is 0 Å². The first-order valence-corrected chi connectivity index (χ1v) is 6.89. The van der Waals surface area contributed by atoms with Gasteiger partial charge in [-0.15, -0.1) is 0 Å². The molecule has 1 rings (SSSR count). The van der Waals surface area contributed by atoms with Crippen LogP contribution in [0.4, 0.5) is 0 Å². The molecule has 2 unspecified atom stereocenters. The van der Waals surface area contributed by atoms with E-state index in [1.54, 1.807) is 0 Å². The van der Waals surface area contributed by atoms with Crippen molar-refractivity contribution in [2.75, 3.05) is 13.1 Å². The summed E-state index contributed by atoms with van der Waals surface area (Å²) < 4.78 is 0. The summed E-state index contributed by atoms with van der Waals surface area (Å²) in [4.78, 5) is 2.71. The number of nitrogens with zero attached hydrogens (tertiary/aromatic N) is 1. The van der Waals surface area contributed by atoms with Crippen LogP contribution in [0.5, 0.6) is 0 Å². The molecule has 0 radical (unpaired) electrons. The third-order valence-electron chi connectivity index (χ3n) is 4.08.